The van der Waals surface area contributed by atoms with Gasteiger partial charge in [0.05, 0.1) is 17.6 Å². The second-order valence-corrected chi connectivity index (χ2v) is 5.97. The first-order valence-electron chi connectivity index (χ1n) is 8.58. The van der Waals surface area contributed by atoms with Gasteiger partial charge in [0.25, 0.3) is 5.91 Å². The highest BCUT2D eigenvalue weighted by atomic mass is 16.7. The lowest BCUT2D eigenvalue weighted by Gasteiger charge is -2.09. The van der Waals surface area contributed by atoms with E-state index in [0.717, 1.165) is 11.0 Å². The van der Waals surface area contributed by atoms with E-state index in [1.54, 1.807) is 18.2 Å². The van der Waals surface area contributed by atoms with Crippen LogP contribution in [-0.4, -0.2) is 34.7 Å². The van der Waals surface area contributed by atoms with E-state index in [1.807, 2.05) is 35.8 Å². The van der Waals surface area contributed by atoms with E-state index >= 15 is 0 Å². The minimum absolute atomic E-state index is 0.140. The molecule has 27 heavy (non-hydrogen) atoms. The fourth-order valence-corrected chi connectivity index (χ4v) is 2.96. The Morgan fingerprint density at radius 2 is 1.96 bits per heavy atom. The molecule has 8 nitrogen and oxygen atoms in total. The van der Waals surface area contributed by atoms with Crippen LogP contribution in [0.1, 0.15) is 17.3 Å². The van der Waals surface area contributed by atoms with Gasteiger partial charge < -0.3 is 19.4 Å². The number of fused-ring (bicyclic) bond motifs is 2. The van der Waals surface area contributed by atoms with Gasteiger partial charge in [-0.15, -0.1) is 0 Å². The number of hydrogen-bond acceptors (Lipinski definition) is 5. The zero-order chi connectivity index (χ0) is 18.8. The quantitative estimate of drug-likeness (QED) is 0.722. The molecule has 1 aromatic heterocycles. The molecule has 0 radical (unpaired) electrons. The molecule has 0 unspecified atom stereocenters. The van der Waals surface area contributed by atoms with Gasteiger partial charge in [-0.2, -0.15) is 0 Å². The standard InChI is InChI=1S/C19H18N4O4/c1-2-23-14-6-4-3-5-13(14)21-19(23)22-17(24)10-20-18(25)12-7-8-15-16(9-12)27-11-26-15/h3-9H,2,10-11H2,1H3,(H,20,25)(H,21,22,24). The summed E-state index contributed by atoms with van der Waals surface area (Å²) in [7, 11) is 0. The van der Waals surface area contributed by atoms with Crippen LogP contribution in [0, 0.1) is 0 Å². The predicted octanol–water partition coefficient (Wildman–Crippen LogP) is 2.15. The Balaban J connectivity index is 1.40. The highest BCUT2D eigenvalue weighted by Gasteiger charge is 2.17. The van der Waals surface area contributed by atoms with Crippen molar-refractivity contribution in [3.05, 3.63) is 48.0 Å². The number of imidazole rings is 1. The lowest BCUT2D eigenvalue weighted by atomic mass is 10.2. The van der Waals surface area contributed by atoms with Gasteiger partial charge in [-0.05, 0) is 37.3 Å². The number of para-hydroxylation sites is 2. The number of aryl methyl sites for hydroxylation is 1. The van der Waals surface area contributed by atoms with Crippen molar-refractivity contribution >= 4 is 28.8 Å². The number of ether oxygens (including phenoxy) is 2. The smallest absolute Gasteiger partial charge is 0.251 e. The summed E-state index contributed by atoms with van der Waals surface area (Å²) in [6, 6.07) is 12.5. The molecule has 138 valence electrons. The normalized spacial score (nSPS) is 12.2. The Hall–Kier alpha value is -3.55. The van der Waals surface area contributed by atoms with Gasteiger partial charge in [0.2, 0.25) is 18.6 Å². The van der Waals surface area contributed by atoms with Crippen LogP contribution in [0.4, 0.5) is 5.95 Å². The number of benzene rings is 2. The molecule has 2 heterocycles. The average Bonchev–Trinajstić information content (AvgIpc) is 3.29. The highest BCUT2D eigenvalue weighted by Crippen LogP contribution is 2.32. The Bertz CT molecular complexity index is 1030. The lowest BCUT2D eigenvalue weighted by Crippen LogP contribution is -2.33. The number of rotatable bonds is 5. The van der Waals surface area contributed by atoms with E-state index in [9.17, 15) is 9.59 Å². The topological polar surface area (TPSA) is 94.5 Å². The predicted molar refractivity (Wildman–Crippen MR) is 98.9 cm³/mol. The van der Waals surface area contributed by atoms with Crippen LogP contribution in [0.25, 0.3) is 11.0 Å². The summed E-state index contributed by atoms with van der Waals surface area (Å²) < 4.78 is 12.4. The Labute approximate surface area is 155 Å². The molecular weight excluding hydrogens is 348 g/mol. The monoisotopic (exact) mass is 366 g/mol. The molecule has 0 aliphatic carbocycles. The van der Waals surface area contributed by atoms with Gasteiger partial charge in [-0.1, -0.05) is 12.1 Å². The van der Waals surface area contributed by atoms with Crippen LogP contribution < -0.4 is 20.1 Å². The molecule has 0 saturated carbocycles. The van der Waals surface area contributed by atoms with E-state index in [2.05, 4.69) is 15.6 Å². The van der Waals surface area contributed by atoms with Crippen molar-refractivity contribution in [2.75, 3.05) is 18.7 Å². The van der Waals surface area contributed by atoms with Gasteiger partial charge in [0.1, 0.15) is 0 Å². The molecule has 0 fully saturated rings. The third-order valence-corrected chi connectivity index (χ3v) is 4.27. The van der Waals surface area contributed by atoms with Crippen molar-refractivity contribution in [1.29, 1.82) is 0 Å². The van der Waals surface area contributed by atoms with Gasteiger partial charge in [-0.25, -0.2) is 4.98 Å². The first-order chi connectivity index (χ1) is 13.2. The summed E-state index contributed by atoms with van der Waals surface area (Å²) in [5.41, 5.74) is 2.14. The minimum atomic E-state index is -0.368. The van der Waals surface area contributed by atoms with Gasteiger partial charge in [0.15, 0.2) is 11.5 Å². The molecule has 0 atom stereocenters. The molecule has 0 bridgehead atoms. The second kappa shape index (κ2) is 6.99. The second-order valence-electron chi connectivity index (χ2n) is 5.97. The number of nitrogens with one attached hydrogen (secondary N) is 2. The summed E-state index contributed by atoms with van der Waals surface area (Å²) in [6.07, 6.45) is 0. The highest BCUT2D eigenvalue weighted by molar-refractivity contribution is 5.99. The number of aromatic nitrogens is 2. The van der Waals surface area contributed by atoms with Crippen LogP contribution in [0.15, 0.2) is 42.5 Å². The molecule has 0 spiro atoms. The third kappa shape index (κ3) is 3.29. The van der Waals surface area contributed by atoms with Crippen LogP contribution in [0.2, 0.25) is 0 Å². The Morgan fingerprint density at radius 3 is 2.81 bits per heavy atom. The molecular formula is C19H18N4O4. The van der Waals surface area contributed by atoms with Crippen LogP contribution >= 0.6 is 0 Å². The lowest BCUT2D eigenvalue weighted by molar-refractivity contribution is -0.115. The van der Waals surface area contributed by atoms with Crippen LogP contribution in [0.5, 0.6) is 11.5 Å². The van der Waals surface area contributed by atoms with E-state index < -0.39 is 0 Å². The molecule has 1 aliphatic heterocycles. The van der Waals surface area contributed by atoms with E-state index in [0.29, 0.717) is 29.6 Å². The summed E-state index contributed by atoms with van der Waals surface area (Å²) in [5, 5.41) is 5.35. The van der Waals surface area contributed by atoms with Crippen molar-refractivity contribution in [2.45, 2.75) is 13.5 Å². The Kier molecular flexibility index (Phi) is 4.37. The number of hydrogen-bond donors (Lipinski definition) is 2. The fourth-order valence-electron chi connectivity index (χ4n) is 2.96. The third-order valence-electron chi connectivity index (χ3n) is 4.27. The van der Waals surface area contributed by atoms with Crippen LogP contribution in [0.3, 0.4) is 0 Å². The van der Waals surface area contributed by atoms with Crippen molar-refractivity contribution in [3.8, 4) is 11.5 Å². The number of carbonyl (C=O) groups excluding carboxylic acids is 2. The van der Waals surface area contributed by atoms with E-state index in [4.69, 9.17) is 9.47 Å². The van der Waals surface area contributed by atoms with E-state index in [1.165, 1.54) is 0 Å². The minimum Gasteiger partial charge on any atom is -0.454 e. The number of anilines is 1. The summed E-state index contributed by atoms with van der Waals surface area (Å²) in [5.74, 6) is 0.856. The SMILES string of the molecule is CCn1c(NC(=O)CNC(=O)c2ccc3c(c2)OCO3)nc2ccccc21. The molecule has 2 N–H and O–H groups in total. The van der Waals surface area contributed by atoms with E-state index in [-0.39, 0.29) is 25.2 Å². The first-order valence-corrected chi connectivity index (χ1v) is 8.58. The fraction of sp³-hybridized carbons (Fsp3) is 0.211. The Morgan fingerprint density at radius 1 is 1.15 bits per heavy atom. The van der Waals surface area contributed by atoms with Gasteiger partial charge in [-0.3, -0.25) is 14.9 Å². The molecule has 2 amide bonds. The van der Waals surface area contributed by atoms with Crippen molar-refractivity contribution in [3.63, 3.8) is 0 Å². The zero-order valence-electron chi connectivity index (χ0n) is 14.7. The van der Waals surface area contributed by atoms with Gasteiger partial charge in [0, 0.05) is 12.1 Å². The number of amides is 2. The maximum atomic E-state index is 12.3. The molecule has 4 rings (SSSR count). The largest absolute Gasteiger partial charge is 0.454 e. The maximum absolute atomic E-state index is 12.3. The van der Waals surface area contributed by atoms with Crippen molar-refractivity contribution < 1.29 is 19.1 Å². The van der Waals surface area contributed by atoms with Crippen molar-refractivity contribution in [2.24, 2.45) is 0 Å². The van der Waals surface area contributed by atoms with Crippen molar-refractivity contribution in [1.82, 2.24) is 14.9 Å². The number of nitrogens with zero attached hydrogens (tertiary/aromatic N) is 2. The zero-order valence-corrected chi connectivity index (χ0v) is 14.7. The summed E-state index contributed by atoms with van der Waals surface area (Å²) in [6.45, 7) is 2.62. The molecule has 8 heteroatoms. The number of carbonyl (C=O) groups is 2. The molecule has 3 aromatic rings. The molecule has 2 aromatic carbocycles. The summed E-state index contributed by atoms with van der Waals surface area (Å²) in [4.78, 5) is 28.9. The van der Waals surface area contributed by atoms with Gasteiger partial charge >= 0.3 is 0 Å². The maximum Gasteiger partial charge on any atom is 0.251 e. The van der Waals surface area contributed by atoms with Crippen LogP contribution in [-0.2, 0) is 11.3 Å². The molecule has 0 saturated heterocycles. The molecule has 1 aliphatic rings. The summed E-state index contributed by atoms with van der Waals surface area (Å²) >= 11 is 0. The average molecular weight is 366 g/mol. The first kappa shape index (κ1) is 16.9.